The molecular weight excluding hydrogens is 924 g/mol. The van der Waals surface area contributed by atoms with E-state index in [4.69, 9.17) is 42.2 Å². The van der Waals surface area contributed by atoms with Crippen molar-refractivity contribution in [2.24, 2.45) is 11.8 Å². The zero-order valence-electron chi connectivity index (χ0n) is 36.7. The van der Waals surface area contributed by atoms with E-state index in [1.807, 2.05) is 13.0 Å². The molecule has 2 aromatic carbocycles. The predicted molar refractivity (Wildman–Crippen MR) is 245 cm³/mol. The van der Waals surface area contributed by atoms with Gasteiger partial charge in [0.2, 0.25) is 10.0 Å². The first kappa shape index (κ1) is 47.6. The van der Waals surface area contributed by atoms with E-state index >= 15 is 0 Å². The summed E-state index contributed by atoms with van der Waals surface area (Å²) in [5.74, 6) is 3.75. The van der Waals surface area contributed by atoms with Gasteiger partial charge in [-0.3, -0.25) is 9.59 Å². The van der Waals surface area contributed by atoms with Crippen molar-refractivity contribution in [2.75, 3.05) is 52.6 Å². The molecule has 6 aromatic rings. The Balaban J connectivity index is 0.000000153. The highest BCUT2D eigenvalue weighted by Crippen LogP contribution is 2.35. The molecule has 23 heteroatoms. The SMILES string of the molecule is CC1CN(S(=O)(=O)c2ccc(C#N)cc2)CC1c1nn2c(C3CCOCC3)ncc2c(=O)[nH]1.CC1CNC[C@H]1c1nn2c(C3CCOCC3)ncc2c(=O)[nH]1.[C-]#[N+]c1ccc(S(=O)(=O)Cl)cc1. The summed E-state index contributed by atoms with van der Waals surface area (Å²) in [5.41, 5.74) is 1.31. The third-order valence-corrected chi connectivity index (χ3v) is 15.9. The molecule has 4 fully saturated rings. The Morgan fingerprint density at radius 1 is 0.731 bits per heavy atom. The number of aromatic amines is 2. The Morgan fingerprint density at radius 3 is 1.70 bits per heavy atom. The predicted octanol–water partition coefficient (Wildman–Crippen LogP) is 4.41. The second kappa shape index (κ2) is 20.2. The quantitative estimate of drug-likeness (QED) is 0.148. The maximum Gasteiger partial charge on any atom is 0.276 e. The molecule has 8 heterocycles. The van der Waals surface area contributed by atoms with E-state index in [-0.39, 0.29) is 51.1 Å². The molecule has 4 atom stereocenters. The van der Waals surface area contributed by atoms with Gasteiger partial charge in [-0.15, -0.1) is 0 Å². The van der Waals surface area contributed by atoms with Gasteiger partial charge in [0.1, 0.15) is 23.3 Å². The van der Waals surface area contributed by atoms with Gasteiger partial charge in [0.05, 0.1) is 40.4 Å². The summed E-state index contributed by atoms with van der Waals surface area (Å²) >= 11 is 0. The number of hydrogen-bond donors (Lipinski definition) is 3. The zero-order valence-corrected chi connectivity index (χ0v) is 39.1. The summed E-state index contributed by atoms with van der Waals surface area (Å²) < 4.78 is 63.5. The van der Waals surface area contributed by atoms with Crippen LogP contribution in [0.15, 0.2) is 80.3 Å². The van der Waals surface area contributed by atoms with Crippen molar-refractivity contribution in [2.45, 2.75) is 73.0 Å². The minimum absolute atomic E-state index is 0.0107. The summed E-state index contributed by atoms with van der Waals surface area (Å²) in [6.07, 6.45) is 6.68. The molecule has 3 unspecified atom stereocenters. The molecule has 4 aromatic heterocycles. The highest BCUT2D eigenvalue weighted by molar-refractivity contribution is 8.13. The molecular formula is C44H49ClN12O8S2. The minimum Gasteiger partial charge on any atom is -0.381 e. The van der Waals surface area contributed by atoms with Gasteiger partial charge < -0.3 is 24.8 Å². The fourth-order valence-electron chi connectivity index (χ4n) is 8.85. The highest BCUT2D eigenvalue weighted by Gasteiger charge is 2.40. The van der Waals surface area contributed by atoms with Crippen molar-refractivity contribution in [1.29, 1.82) is 5.26 Å². The fourth-order valence-corrected chi connectivity index (χ4v) is 11.2. The van der Waals surface area contributed by atoms with Crippen LogP contribution in [0.25, 0.3) is 15.9 Å². The smallest absolute Gasteiger partial charge is 0.276 e. The lowest BCUT2D eigenvalue weighted by Gasteiger charge is -2.21. The maximum atomic E-state index is 13.2. The number of hydrogen-bond acceptors (Lipinski definition) is 14. The molecule has 3 N–H and O–H groups in total. The standard InChI is InChI=1S/C22H24N6O4S.C15H21N5O2.C7H4ClNO2S/c1-14-12-27(33(30,31)17-4-2-15(10-23)3-5-17)13-18(14)20-25-22(29)19-11-24-21(28(19)26-20)16-6-8-32-9-7-16;1-9-6-16-7-11(9)13-18-15(21)12-8-17-14(20(12)19-13)10-2-4-22-5-3-10;1-9-6-2-4-7(5-3-6)12(8,10)11/h2-5,11,14,16,18H,6-9,12-13H2,1H3,(H,25,26,29);8-11,16H,2-7H2,1H3,(H,18,19,21);2-5H/t;9?,11-;/m.1./s1. The van der Waals surface area contributed by atoms with E-state index in [0.717, 1.165) is 69.5 Å². The van der Waals surface area contributed by atoms with Gasteiger partial charge in [0, 0.05) is 80.4 Å². The van der Waals surface area contributed by atoms with Crippen LogP contribution in [0.2, 0.25) is 0 Å². The fraction of sp³-hybridized carbons (Fsp3) is 0.455. The number of aromatic nitrogens is 8. The van der Waals surface area contributed by atoms with Crippen LogP contribution in [0.1, 0.15) is 92.1 Å². The molecule has 0 radical (unpaired) electrons. The lowest BCUT2D eigenvalue weighted by atomic mass is 9.97. The number of rotatable bonds is 7. The van der Waals surface area contributed by atoms with Crippen LogP contribution in [-0.2, 0) is 28.5 Å². The molecule has 67 heavy (non-hydrogen) atoms. The molecule has 4 aliphatic rings. The van der Waals surface area contributed by atoms with Crippen molar-refractivity contribution in [3.8, 4) is 6.07 Å². The van der Waals surface area contributed by atoms with Gasteiger partial charge in [0.25, 0.3) is 20.2 Å². The first-order valence-corrected chi connectivity index (χ1v) is 25.7. The van der Waals surface area contributed by atoms with Crippen LogP contribution >= 0.6 is 10.7 Å². The third-order valence-electron chi connectivity index (χ3n) is 12.7. The van der Waals surface area contributed by atoms with E-state index < -0.39 is 19.1 Å². The van der Waals surface area contributed by atoms with Gasteiger partial charge in [-0.1, -0.05) is 38.1 Å². The molecule has 0 spiro atoms. The van der Waals surface area contributed by atoms with Crippen LogP contribution in [-0.4, -0.2) is 113 Å². The first-order chi connectivity index (χ1) is 32.2. The van der Waals surface area contributed by atoms with Crippen LogP contribution < -0.4 is 16.4 Å². The van der Waals surface area contributed by atoms with Crippen molar-refractivity contribution < 1.29 is 26.3 Å². The lowest BCUT2D eigenvalue weighted by molar-refractivity contribution is 0.0831. The number of fused-ring (bicyclic) bond motifs is 2. The average Bonchev–Trinajstić information content (AvgIpc) is 4.16. The third kappa shape index (κ3) is 10.4. The number of nitriles is 1. The molecule has 20 nitrogen and oxygen atoms in total. The normalized spacial score (nSPS) is 21.8. The number of benzene rings is 2. The Hall–Kier alpha value is -5.85. The molecule has 4 aliphatic heterocycles. The van der Waals surface area contributed by atoms with Gasteiger partial charge >= 0.3 is 0 Å². The molecule has 0 aliphatic carbocycles. The van der Waals surface area contributed by atoms with E-state index in [9.17, 15) is 26.4 Å². The molecule has 4 saturated heterocycles. The topological polar surface area (TPSA) is 256 Å². The van der Waals surface area contributed by atoms with Crippen LogP contribution in [0.4, 0.5) is 5.69 Å². The summed E-state index contributed by atoms with van der Waals surface area (Å²) in [4.78, 5) is 43.1. The number of imidazole rings is 2. The summed E-state index contributed by atoms with van der Waals surface area (Å²) in [6, 6.07) is 13.3. The molecule has 10 rings (SSSR count). The molecule has 0 bridgehead atoms. The Bertz CT molecular complexity index is 3170. The van der Waals surface area contributed by atoms with Crippen molar-refractivity contribution in [3.05, 3.63) is 122 Å². The van der Waals surface area contributed by atoms with E-state index in [2.05, 4.69) is 37.0 Å². The molecule has 0 saturated carbocycles. The number of sulfonamides is 1. The summed E-state index contributed by atoms with van der Waals surface area (Å²) in [5, 5.41) is 21.8. The van der Waals surface area contributed by atoms with E-state index in [1.54, 1.807) is 21.4 Å². The van der Waals surface area contributed by atoms with Crippen LogP contribution in [0.5, 0.6) is 0 Å². The van der Waals surface area contributed by atoms with Gasteiger partial charge in [-0.25, -0.2) is 40.7 Å². The Kier molecular flexibility index (Phi) is 14.3. The van der Waals surface area contributed by atoms with Crippen LogP contribution in [0.3, 0.4) is 0 Å². The number of halogens is 1. The number of nitrogens with zero attached hydrogens (tertiary/aromatic N) is 9. The van der Waals surface area contributed by atoms with Crippen molar-refractivity contribution >= 4 is 46.5 Å². The average molecular weight is 974 g/mol. The van der Waals surface area contributed by atoms with Crippen LogP contribution in [0, 0.1) is 29.7 Å². The number of nitrogens with one attached hydrogen (secondary N) is 3. The largest absolute Gasteiger partial charge is 0.381 e. The molecule has 352 valence electrons. The zero-order chi connectivity index (χ0) is 47.5. The van der Waals surface area contributed by atoms with Gasteiger partial charge in [0.15, 0.2) is 16.7 Å². The number of H-pyrrole nitrogens is 2. The Labute approximate surface area is 390 Å². The number of ether oxygens (including phenoxy) is 2. The second-order valence-electron chi connectivity index (χ2n) is 17.1. The Morgan fingerprint density at radius 2 is 1.24 bits per heavy atom. The van der Waals surface area contributed by atoms with E-state index in [0.29, 0.717) is 59.7 Å². The van der Waals surface area contributed by atoms with Gasteiger partial charge in [-0.2, -0.15) is 19.8 Å². The minimum atomic E-state index is -3.73. The summed E-state index contributed by atoms with van der Waals surface area (Å²) in [6.45, 7) is 15.9. The highest BCUT2D eigenvalue weighted by atomic mass is 35.7. The first-order valence-electron chi connectivity index (χ1n) is 21.9. The van der Waals surface area contributed by atoms with Gasteiger partial charge in [-0.05, 0) is 68.3 Å². The lowest BCUT2D eigenvalue weighted by Crippen LogP contribution is -2.29. The monoisotopic (exact) mass is 972 g/mol. The van der Waals surface area contributed by atoms with E-state index in [1.165, 1.54) is 52.8 Å². The maximum absolute atomic E-state index is 13.2. The molecule has 0 amide bonds. The van der Waals surface area contributed by atoms with Crippen molar-refractivity contribution in [3.63, 3.8) is 0 Å². The summed E-state index contributed by atoms with van der Waals surface area (Å²) in [7, 11) is -2.34. The van der Waals surface area contributed by atoms with Crippen molar-refractivity contribution in [1.82, 2.24) is 48.8 Å². The second-order valence-corrected chi connectivity index (χ2v) is 21.6.